The average molecular weight is 410 g/mol. The van der Waals surface area contributed by atoms with Crippen LogP contribution in [0.25, 0.3) is 21.9 Å². The molecule has 2 aromatic heterocycles. The van der Waals surface area contributed by atoms with E-state index in [2.05, 4.69) is 20.3 Å². The predicted molar refractivity (Wildman–Crippen MR) is 121 cm³/mol. The lowest BCUT2D eigenvalue weighted by Gasteiger charge is -2.20. The first kappa shape index (κ1) is 18.9. The van der Waals surface area contributed by atoms with Crippen LogP contribution in [0.15, 0.2) is 79.3 Å². The number of imidazole rings is 1. The molecule has 0 aliphatic heterocycles. The van der Waals surface area contributed by atoms with Gasteiger partial charge in [-0.15, -0.1) is 0 Å². The van der Waals surface area contributed by atoms with Crippen LogP contribution in [0.4, 0.5) is 0 Å². The Balaban J connectivity index is 1.44. The summed E-state index contributed by atoms with van der Waals surface area (Å²) < 4.78 is 5.34. The topological polar surface area (TPSA) is 82.8 Å². The van der Waals surface area contributed by atoms with Crippen LogP contribution in [0.3, 0.4) is 0 Å². The summed E-state index contributed by atoms with van der Waals surface area (Å²) in [4.78, 5) is 23.8. The van der Waals surface area contributed by atoms with Crippen LogP contribution in [-0.4, -0.2) is 28.0 Å². The van der Waals surface area contributed by atoms with E-state index in [0.29, 0.717) is 0 Å². The van der Waals surface area contributed by atoms with Gasteiger partial charge in [-0.2, -0.15) is 0 Å². The fraction of sp³-hybridized carbons (Fsp3) is 0.120. The quantitative estimate of drug-likeness (QED) is 0.385. The fourth-order valence-electron chi connectivity index (χ4n) is 3.95. The molecule has 0 fully saturated rings. The standard InChI is InChI=1S/C25H22N4O2/c1-31-19-8-10-21-20(13-19)18(14-26-21)12-24(30)29-25(16-5-3-2-4-6-16)17-7-9-22-23(11-17)28-15-27-22/h2-11,13-15,25-26H,12H2,1H3,(H,27,28)(H,29,30). The number of amides is 1. The van der Waals surface area contributed by atoms with Gasteiger partial charge in [0.15, 0.2) is 0 Å². The maximum atomic E-state index is 13.1. The van der Waals surface area contributed by atoms with Gasteiger partial charge in [-0.05, 0) is 47.0 Å². The number of carbonyl (C=O) groups is 1. The van der Waals surface area contributed by atoms with E-state index >= 15 is 0 Å². The maximum Gasteiger partial charge on any atom is 0.225 e. The number of nitrogens with one attached hydrogen (secondary N) is 3. The fourth-order valence-corrected chi connectivity index (χ4v) is 3.95. The Kier molecular flexibility index (Phi) is 4.88. The van der Waals surface area contributed by atoms with Gasteiger partial charge in [-0.25, -0.2) is 4.98 Å². The molecule has 6 heteroatoms. The second kappa shape index (κ2) is 7.99. The highest BCUT2D eigenvalue weighted by atomic mass is 16.5. The number of rotatable bonds is 6. The number of methoxy groups -OCH3 is 1. The van der Waals surface area contributed by atoms with Crippen molar-refractivity contribution in [1.82, 2.24) is 20.3 Å². The van der Waals surface area contributed by atoms with Crippen molar-refractivity contribution in [3.63, 3.8) is 0 Å². The van der Waals surface area contributed by atoms with Gasteiger partial charge in [-0.3, -0.25) is 4.79 Å². The van der Waals surface area contributed by atoms with Crippen molar-refractivity contribution in [3.8, 4) is 5.75 Å². The molecule has 31 heavy (non-hydrogen) atoms. The lowest BCUT2D eigenvalue weighted by molar-refractivity contribution is -0.120. The van der Waals surface area contributed by atoms with E-state index in [0.717, 1.165) is 44.4 Å². The number of nitrogens with zero attached hydrogens (tertiary/aromatic N) is 1. The van der Waals surface area contributed by atoms with Crippen LogP contribution in [0.5, 0.6) is 5.75 Å². The van der Waals surface area contributed by atoms with Crippen LogP contribution < -0.4 is 10.1 Å². The van der Waals surface area contributed by atoms with Crippen molar-refractivity contribution < 1.29 is 9.53 Å². The Morgan fingerprint density at radius 1 is 1.00 bits per heavy atom. The van der Waals surface area contributed by atoms with E-state index in [9.17, 15) is 4.79 Å². The average Bonchev–Trinajstić information content (AvgIpc) is 3.44. The molecule has 0 radical (unpaired) electrons. The third kappa shape index (κ3) is 3.75. The zero-order chi connectivity index (χ0) is 21.2. The second-order valence-corrected chi connectivity index (χ2v) is 7.49. The number of fused-ring (bicyclic) bond motifs is 2. The van der Waals surface area contributed by atoms with Gasteiger partial charge in [0.2, 0.25) is 5.91 Å². The zero-order valence-electron chi connectivity index (χ0n) is 17.1. The first-order valence-corrected chi connectivity index (χ1v) is 10.1. The van der Waals surface area contributed by atoms with Crippen LogP contribution >= 0.6 is 0 Å². The van der Waals surface area contributed by atoms with Crippen molar-refractivity contribution in [2.75, 3.05) is 7.11 Å². The number of benzene rings is 3. The highest BCUT2D eigenvalue weighted by Crippen LogP contribution is 2.26. The van der Waals surface area contributed by atoms with Gasteiger partial charge < -0.3 is 20.0 Å². The lowest BCUT2D eigenvalue weighted by Crippen LogP contribution is -2.30. The number of ether oxygens (including phenoxy) is 1. The number of aromatic amines is 2. The second-order valence-electron chi connectivity index (χ2n) is 7.49. The highest BCUT2D eigenvalue weighted by molar-refractivity contribution is 5.90. The molecule has 5 rings (SSSR count). The van der Waals surface area contributed by atoms with Crippen molar-refractivity contribution in [2.45, 2.75) is 12.5 Å². The molecule has 154 valence electrons. The van der Waals surface area contributed by atoms with Gasteiger partial charge in [0.1, 0.15) is 5.75 Å². The minimum absolute atomic E-state index is 0.0534. The summed E-state index contributed by atoms with van der Waals surface area (Å²) in [6.45, 7) is 0. The van der Waals surface area contributed by atoms with E-state index in [4.69, 9.17) is 4.74 Å². The summed E-state index contributed by atoms with van der Waals surface area (Å²) >= 11 is 0. The van der Waals surface area contributed by atoms with Gasteiger partial charge in [0.05, 0.1) is 36.9 Å². The summed E-state index contributed by atoms with van der Waals surface area (Å²) in [6.07, 6.45) is 3.83. The molecule has 3 N–H and O–H groups in total. The first-order valence-electron chi connectivity index (χ1n) is 10.1. The molecule has 0 aliphatic rings. The monoisotopic (exact) mass is 410 g/mol. The number of aromatic nitrogens is 3. The smallest absolute Gasteiger partial charge is 0.225 e. The molecular weight excluding hydrogens is 388 g/mol. The Morgan fingerprint density at radius 3 is 2.71 bits per heavy atom. The normalized spacial score (nSPS) is 12.2. The van der Waals surface area contributed by atoms with Gasteiger partial charge in [-0.1, -0.05) is 36.4 Å². The molecule has 1 unspecified atom stereocenters. The van der Waals surface area contributed by atoms with Crippen molar-refractivity contribution in [1.29, 1.82) is 0 Å². The minimum atomic E-state index is -0.263. The summed E-state index contributed by atoms with van der Waals surface area (Å²) in [5.41, 5.74) is 5.77. The minimum Gasteiger partial charge on any atom is -0.497 e. The molecule has 1 atom stereocenters. The van der Waals surface area contributed by atoms with Crippen LogP contribution in [0, 0.1) is 0 Å². The molecule has 1 amide bonds. The van der Waals surface area contributed by atoms with Crippen molar-refractivity contribution in [3.05, 3.63) is 95.9 Å². The van der Waals surface area contributed by atoms with E-state index in [1.807, 2.05) is 72.9 Å². The molecule has 3 aromatic carbocycles. The lowest BCUT2D eigenvalue weighted by atomic mass is 9.97. The third-order valence-electron chi connectivity index (χ3n) is 5.54. The number of carbonyl (C=O) groups excluding carboxylic acids is 1. The molecule has 0 bridgehead atoms. The molecule has 0 aliphatic carbocycles. The largest absolute Gasteiger partial charge is 0.497 e. The summed E-state index contributed by atoms with van der Waals surface area (Å²) in [6, 6.07) is 21.6. The van der Waals surface area contributed by atoms with Gasteiger partial charge in [0.25, 0.3) is 0 Å². The summed E-state index contributed by atoms with van der Waals surface area (Å²) in [7, 11) is 1.64. The molecule has 6 nitrogen and oxygen atoms in total. The Morgan fingerprint density at radius 2 is 1.87 bits per heavy atom. The summed E-state index contributed by atoms with van der Waals surface area (Å²) in [5.74, 6) is 0.714. The van der Waals surface area contributed by atoms with Crippen LogP contribution in [-0.2, 0) is 11.2 Å². The molecule has 0 saturated carbocycles. The van der Waals surface area contributed by atoms with E-state index in [1.54, 1.807) is 13.4 Å². The first-order chi connectivity index (χ1) is 15.2. The maximum absolute atomic E-state index is 13.1. The van der Waals surface area contributed by atoms with E-state index in [1.165, 1.54) is 0 Å². The highest BCUT2D eigenvalue weighted by Gasteiger charge is 2.19. The SMILES string of the molecule is COc1ccc2[nH]cc(CC(=O)NC(c3ccccc3)c3ccc4nc[nH]c4c3)c2c1. The molecule has 0 saturated heterocycles. The van der Waals surface area contributed by atoms with Crippen LogP contribution in [0.1, 0.15) is 22.7 Å². The molecular formula is C25H22N4O2. The number of H-pyrrole nitrogens is 2. The molecule has 0 spiro atoms. The molecule has 5 aromatic rings. The predicted octanol–water partition coefficient (Wildman–Crippen LogP) is 4.50. The van der Waals surface area contributed by atoms with E-state index in [-0.39, 0.29) is 18.4 Å². The number of hydrogen-bond acceptors (Lipinski definition) is 3. The summed E-state index contributed by atoms with van der Waals surface area (Å²) in [5, 5.41) is 4.21. The van der Waals surface area contributed by atoms with E-state index < -0.39 is 0 Å². The van der Waals surface area contributed by atoms with Gasteiger partial charge in [0, 0.05) is 17.1 Å². The van der Waals surface area contributed by atoms with Crippen molar-refractivity contribution >= 4 is 27.8 Å². The van der Waals surface area contributed by atoms with Crippen LogP contribution in [0.2, 0.25) is 0 Å². The zero-order valence-corrected chi connectivity index (χ0v) is 17.1. The molecule has 2 heterocycles. The third-order valence-corrected chi connectivity index (χ3v) is 5.54. The van der Waals surface area contributed by atoms with Gasteiger partial charge >= 0.3 is 0 Å². The number of hydrogen-bond donors (Lipinski definition) is 3. The Hall–Kier alpha value is -4.06. The Bertz CT molecular complexity index is 1350. The Labute approximate surface area is 179 Å². The van der Waals surface area contributed by atoms with Crippen molar-refractivity contribution in [2.24, 2.45) is 0 Å².